The van der Waals surface area contributed by atoms with Crippen LogP contribution in [0.15, 0.2) is 24.3 Å². The Labute approximate surface area is 98.7 Å². The first-order valence-electron chi connectivity index (χ1n) is 5.43. The van der Waals surface area contributed by atoms with E-state index in [0.29, 0.717) is 11.3 Å². The van der Waals surface area contributed by atoms with Gasteiger partial charge >= 0.3 is 0 Å². The molecule has 0 atom stereocenters. The summed E-state index contributed by atoms with van der Waals surface area (Å²) in [5, 5.41) is 6.99. The highest BCUT2D eigenvalue weighted by Crippen LogP contribution is 2.26. The lowest BCUT2D eigenvalue weighted by atomic mass is 10.0. The van der Waals surface area contributed by atoms with E-state index in [1.165, 1.54) is 12.1 Å². The molecule has 4 heteroatoms. The number of halogens is 1. The highest BCUT2D eigenvalue weighted by atomic mass is 19.1. The highest BCUT2D eigenvalue weighted by Gasteiger charge is 2.16. The van der Waals surface area contributed by atoms with Crippen molar-refractivity contribution in [3.8, 4) is 11.3 Å². The normalized spacial score (nSPS) is 10.8. The summed E-state index contributed by atoms with van der Waals surface area (Å²) in [5.41, 5.74) is 2.66. The van der Waals surface area contributed by atoms with E-state index in [4.69, 9.17) is 0 Å². The number of aromatic nitrogens is 2. The van der Waals surface area contributed by atoms with Gasteiger partial charge in [-0.15, -0.1) is 0 Å². The summed E-state index contributed by atoms with van der Waals surface area (Å²) in [5.74, 6) is -0.113. The van der Waals surface area contributed by atoms with E-state index in [0.717, 1.165) is 17.5 Å². The van der Waals surface area contributed by atoms with Crippen LogP contribution in [0.4, 0.5) is 4.39 Å². The molecule has 2 rings (SSSR count). The van der Waals surface area contributed by atoms with Crippen molar-refractivity contribution in [2.24, 2.45) is 0 Å². The molecule has 3 nitrogen and oxygen atoms in total. The third-order valence-corrected chi connectivity index (χ3v) is 2.65. The molecule has 1 aromatic heterocycles. The molecule has 0 radical (unpaired) electrons. The first-order valence-corrected chi connectivity index (χ1v) is 5.43. The van der Waals surface area contributed by atoms with Crippen molar-refractivity contribution in [2.45, 2.75) is 19.8 Å². The fourth-order valence-electron chi connectivity index (χ4n) is 1.75. The molecule has 0 fully saturated rings. The predicted molar refractivity (Wildman–Crippen MR) is 63.5 cm³/mol. The van der Waals surface area contributed by atoms with Crippen LogP contribution in [0.5, 0.6) is 0 Å². The average Bonchev–Trinajstić information content (AvgIpc) is 2.73. The van der Waals surface area contributed by atoms with Crippen molar-refractivity contribution < 1.29 is 9.18 Å². The van der Waals surface area contributed by atoms with Crippen LogP contribution in [0, 0.1) is 5.82 Å². The molecular weight excluding hydrogens is 219 g/mol. The minimum Gasteiger partial charge on any atom is -0.298 e. The summed E-state index contributed by atoms with van der Waals surface area (Å²) in [6.07, 6.45) is 0.789. The topological polar surface area (TPSA) is 45.8 Å². The number of nitrogens with one attached hydrogen (secondary N) is 1. The molecule has 0 spiro atoms. The van der Waals surface area contributed by atoms with E-state index < -0.39 is 0 Å². The number of rotatable bonds is 3. The summed E-state index contributed by atoms with van der Waals surface area (Å²) in [4.78, 5) is 11.1. The molecule has 2 aromatic rings. The van der Waals surface area contributed by atoms with Crippen molar-refractivity contribution in [3.63, 3.8) is 0 Å². The SMILES string of the molecule is CC(C)c1[nH]nc(-c2ccc(F)cc2)c1C=O. The Kier molecular flexibility index (Phi) is 3.04. The second-order valence-electron chi connectivity index (χ2n) is 4.18. The Morgan fingerprint density at radius 2 is 1.94 bits per heavy atom. The van der Waals surface area contributed by atoms with E-state index in [9.17, 15) is 9.18 Å². The van der Waals surface area contributed by atoms with Gasteiger partial charge in [-0.05, 0) is 30.2 Å². The third-order valence-electron chi connectivity index (χ3n) is 2.65. The number of aldehydes is 1. The fraction of sp³-hybridized carbons (Fsp3) is 0.231. The number of carbonyl (C=O) groups excluding carboxylic acids is 1. The number of carbonyl (C=O) groups is 1. The van der Waals surface area contributed by atoms with Crippen LogP contribution in [0.3, 0.4) is 0 Å². The molecule has 0 amide bonds. The highest BCUT2D eigenvalue weighted by molar-refractivity contribution is 5.87. The Morgan fingerprint density at radius 1 is 1.29 bits per heavy atom. The number of benzene rings is 1. The van der Waals surface area contributed by atoms with Crippen LogP contribution in [-0.2, 0) is 0 Å². The third kappa shape index (κ3) is 2.11. The van der Waals surface area contributed by atoms with E-state index in [1.807, 2.05) is 13.8 Å². The largest absolute Gasteiger partial charge is 0.298 e. The zero-order valence-electron chi connectivity index (χ0n) is 9.70. The first kappa shape index (κ1) is 11.5. The van der Waals surface area contributed by atoms with Gasteiger partial charge in [0.15, 0.2) is 6.29 Å². The van der Waals surface area contributed by atoms with Gasteiger partial charge in [0.1, 0.15) is 11.5 Å². The number of hydrogen-bond donors (Lipinski definition) is 1. The second-order valence-corrected chi connectivity index (χ2v) is 4.18. The number of hydrogen-bond acceptors (Lipinski definition) is 2. The van der Waals surface area contributed by atoms with Crippen molar-refractivity contribution in [2.75, 3.05) is 0 Å². The molecule has 0 saturated heterocycles. The second kappa shape index (κ2) is 4.49. The quantitative estimate of drug-likeness (QED) is 0.826. The zero-order chi connectivity index (χ0) is 12.4. The van der Waals surface area contributed by atoms with Gasteiger partial charge in [-0.25, -0.2) is 4.39 Å². The summed E-state index contributed by atoms with van der Waals surface area (Å²) >= 11 is 0. The van der Waals surface area contributed by atoms with Gasteiger partial charge in [0.25, 0.3) is 0 Å². The molecule has 0 aliphatic carbocycles. The van der Waals surface area contributed by atoms with Crippen molar-refractivity contribution in [3.05, 3.63) is 41.3 Å². The van der Waals surface area contributed by atoms with E-state index in [2.05, 4.69) is 10.2 Å². The molecule has 0 bridgehead atoms. The molecular formula is C13H13FN2O. The van der Waals surface area contributed by atoms with Crippen LogP contribution in [0.25, 0.3) is 11.3 Å². The molecule has 17 heavy (non-hydrogen) atoms. The van der Waals surface area contributed by atoms with Crippen LogP contribution in [0.2, 0.25) is 0 Å². The van der Waals surface area contributed by atoms with Crippen molar-refractivity contribution in [1.82, 2.24) is 10.2 Å². The summed E-state index contributed by atoms with van der Waals surface area (Å²) in [6.45, 7) is 3.96. The maximum Gasteiger partial charge on any atom is 0.154 e. The lowest BCUT2D eigenvalue weighted by molar-refractivity contribution is 0.112. The molecule has 0 aliphatic heterocycles. The summed E-state index contributed by atoms with van der Waals surface area (Å²) < 4.78 is 12.8. The Balaban J connectivity index is 2.52. The van der Waals surface area contributed by atoms with Crippen LogP contribution >= 0.6 is 0 Å². The van der Waals surface area contributed by atoms with Gasteiger partial charge in [-0.3, -0.25) is 9.89 Å². The lowest BCUT2D eigenvalue weighted by Gasteiger charge is -2.02. The minimum atomic E-state index is -0.305. The number of nitrogens with zero attached hydrogens (tertiary/aromatic N) is 1. The average molecular weight is 232 g/mol. The first-order chi connectivity index (χ1) is 8.13. The molecule has 88 valence electrons. The van der Waals surface area contributed by atoms with E-state index in [-0.39, 0.29) is 11.7 Å². The predicted octanol–water partition coefficient (Wildman–Crippen LogP) is 3.15. The van der Waals surface area contributed by atoms with Gasteiger partial charge in [0.05, 0.1) is 5.56 Å². The fourth-order valence-corrected chi connectivity index (χ4v) is 1.75. The lowest BCUT2D eigenvalue weighted by Crippen LogP contribution is -1.93. The molecule has 0 unspecified atom stereocenters. The van der Waals surface area contributed by atoms with Crippen LogP contribution in [-0.4, -0.2) is 16.5 Å². The molecule has 1 heterocycles. The molecule has 0 aliphatic rings. The Bertz CT molecular complexity index is 529. The molecule has 0 saturated carbocycles. The maximum absolute atomic E-state index is 12.8. The monoisotopic (exact) mass is 232 g/mol. The summed E-state index contributed by atoms with van der Waals surface area (Å²) in [7, 11) is 0. The Hall–Kier alpha value is -1.97. The van der Waals surface area contributed by atoms with Gasteiger partial charge in [-0.2, -0.15) is 5.10 Å². The zero-order valence-corrected chi connectivity index (χ0v) is 9.70. The smallest absolute Gasteiger partial charge is 0.154 e. The molecule has 1 aromatic carbocycles. The van der Waals surface area contributed by atoms with Crippen molar-refractivity contribution >= 4 is 6.29 Å². The van der Waals surface area contributed by atoms with E-state index in [1.54, 1.807) is 12.1 Å². The Morgan fingerprint density at radius 3 is 2.47 bits per heavy atom. The number of H-pyrrole nitrogens is 1. The van der Waals surface area contributed by atoms with Gasteiger partial charge in [0.2, 0.25) is 0 Å². The molecule has 1 N–H and O–H groups in total. The van der Waals surface area contributed by atoms with E-state index >= 15 is 0 Å². The van der Waals surface area contributed by atoms with Crippen molar-refractivity contribution in [1.29, 1.82) is 0 Å². The summed E-state index contributed by atoms with van der Waals surface area (Å²) in [6, 6.07) is 5.94. The van der Waals surface area contributed by atoms with Gasteiger partial charge in [-0.1, -0.05) is 13.8 Å². The van der Waals surface area contributed by atoms with Gasteiger partial charge < -0.3 is 0 Å². The van der Waals surface area contributed by atoms with Crippen LogP contribution in [0.1, 0.15) is 35.8 Å². The standard InChI is InChI=1S/C13H13FN2O/c1-8(2)12-11(7-17)13(16-15-12)9-3-5-10(14)6-4-9/h3-8H,1-2H3,(H,15,16). The maximum atomic E-state index is 12.8. The number of aromatic amines is 1. The van der Waals surface area contributed by atoms with Crippen LogP contribution < -0.4 is 0 Å². The minimum absolute atomic E-state index is 0.192. The van der Waals surface area contributed by atoms with Gasteiger partial charge in [0, 0.05) is 11.3 Å².